The Kier molecular flexibility index (Phi) is 24.1. The van der Waals surface area contributed by atoms with Crippen LogP contribution in [0.2, 0.25) is 13.1 Å². The standard InChI is InChI=1S/2C12H18.C10H18O2.C9H16O2.2C7H18O3Si/c2*1-2-8-5-7(1)11-9-3-4-10(6-9)12(8)11;1-3-10(12-9(2)11)7-5-4-6-8-10;1-8(10)11-9(2)6-4-3-5-7-9;2*1-5-8-11(4,9-6-2)10-7-3/h2*7-12H,1-6H2;3-8H2,1-2H3;3-7H2,1-2H3;2*5-7H2,1-4H3. The van der Waals surface area contributed by atoms with E-state index >= 15 is 0 Å². The van der Waals surface area contributed by atoms with Crippen molar-refractivity contribution in [3.63, 3.8) is 0 Å². The first-order chi connectivity index (χ1) is 33.0. The Hall–Kier alpha value is -0.866. The van der Waals surface area contributed by atoms with E-state index in [4.69, 9.17) is 36.0 Å². The second kappa shape index (κ2) is 28.1. The Bertz CT molecular complexity index is 1310. The number of rotatable bonds is 15. The molecule has 0 amide bonds. The lowest BCUT2D eigenvalue weighted by atomic mass is 9.71. The van der Waals surface area contributed by atoms with Crippen molar-refractivity contribution in [2.45, 2.75) is 241 Å². The van der Waals surface area contributed by atoms with Gasteiger partial charge in [0.15, 0.2) is 0 Å². The van der Waals surface area contributed by atoms with Crippen molar-refractivity contribution in [1.82, 2.24) is 0 Å². The van der Waals surface area contributed by atoms with Crippen LogP contribution in [0.3, 0.4) is 0 Å². The van der Waals surface area contributed by atoms with Gasteiger partial charge in [-0.05, 0) is 254 Å². The van der Waals surface area contributed by atoms with Gasteiger partial charge in [0, 0.05) is 66.6 Å². The molecule has 8 unspecified atom stereocenters. The van der Waals surface area contributed by atoms with Crippen LogP contribution in [0.1, 0.15) is 217 Å². The van der Waals surface area contributed by atoms with Gasteiger partial charge in [-0.2, -0.15) is 0 Å². The largest absolute Gasteiger partial charge is 0.497 e. The Balaban J connectivity index is 0.000000155. The molecule has 10 rings (SSSR count). The van der Waals surface area contributed by atoms with Crippen molar-refractivity contribution in [2.75, 3.05) is 39.6 Å². The summed E-state index contributed by atoms with van der Waals surface area (Å²) in [4.78, 5) is 21.5. The number of carbonyl (C=O) groups is 2. The molecule has 0 spiro atoms. The van der Waals surface area contributed by atoms with Gasteiger partial charge in [-0.25, -0.2) is 0 Å². The molecule has 0 aliphatic heterocycles. The molecule has 10 aliphatic carbocycles. The van der Waals surface area contributed by atoms with Crippen molar-refractivity contribution < 1.29 is 45.6 Å². The smallest absolute Gasteiger partial charge is 0.460 e. The highest BCUT2D eigenvalue weighted by Crippen LogP contribution is 2.68. The second-order valence-corrected chi connectivity index (χ2v) is 28.4. The van der Waals surface area contributed by atoms with Gasteiger partial charge in [0.2, 0.25) is 0 Å². The molecule has 0 heterocycles. The minimum Gasteiger partial charge on any atom is -0.460 e. The Labute approximate surface area is 425 Å². The van der Waals surface area contributed by atoms with Crippen molar-refractivity contribution in [1.29, 1.82) is 0 Å². The predicted molar refractivity (Wildman–Crippen MR) is 281 cm³/mol. The fourth-order valence-electron chi connectivity index (χ4n) is 16.7. The number of carbonyl (C=O) groups excluding carboxylic acids is 2. The monoisotopic (exact) mass is 1010 g/mol. The molecule has 0 aromatic carbocycles. The SMILES string of the molecule is C1CC2CC1C1C3CCC(C3)C21.C1CC2CC1C1C3CCC(C3)C21.CC(=O)OC1(C)CCCCC1.CCC1(OC(C)=O)CCCCC1.CCO[Si](C)(OCC)OCC.CCO[Si](C)(OCC)OCC. The molecule has 69 heavy (non-hydrogen) atoms. The average molecular weight is 1010 g/mol. The minimum atomic E-state index is -2.25. The Morgan fingerprint density at radius 3 is 0.870 bits per heavy atom. The lowest BCUT2D eigenvalue weighted by Gasteiger charge is -2.35. The highest BCUT2D eigenvalue weighted by Gasteiger charge is 2.60. The van der Waals surface area contributed by atoms with E-state index in [0.717, 1.165) is 32.1 Å². The zero-order chi connectivity index (χ0) is 50.2. The van der Waals surface area contributed by atoms with Gasteiger partial charge in [0.1, 0.15) is 11.2 Å². The van der Waals surface area contributed by atoms with Crippen molar-refractivity contribution in [3.05, 3.63) is 0 Å². The molecule has 0 aromatic heterocycles. The first-order valence-electron chi connectivity index (χ1n) is 29.3. The first-order valence-corrected chi connectivity index (χ1v) is 33.7. The fraction of sp³-hybridized carbons (Fsp3) is 0.965. The lowest BCUT2D eigenvalue weighted by molar-refractivity contribution is -0.161. The number of hydrogen-bond donors (Lipinski definition) is 0. The quantitative estimate of drug-likeness (QED) is 0.0894. The highest BCUT2D eigenvalue weighted by atomic mass is 28.4. The number of hydrogen-bond acceptors (Lipinski definition) is 10. The maximum Gasteiger partial charge on any atom is 0.497 e. The minimum absolute atomic E-state index is 0.107. The molecule has 10 nitrogen and oxygen atoms in total. The first kappa shape index (κ1) is 59.0. The predicted octanol–water partition coefficient (Wildman–Crippen LogP) is 14.4. The van der Waals surface area contributed by atoms with Gasteiger partial charge in [0.25, 0.3) is 0 Å². The van der Waals surface area contributed by atoms with E-state index in [1.807, 2.05) is 61.6 Å². The summed E-state index contributed by atoms with van der Waals surface area (Å²) in [6, 6.07) is 0. The van der Waals surface area contributed by atoms with E-state index in [1.54, 1.807) is 77.0 Å². The summed E-state index contributed by atoms with van der Waals surface area (Å²) in [5.74, 6) is 14.3. The summed E-state index contributed by atoms with van der Waals surface area (Å²) in [6.45, 7) is 26.6. The maximum atomic E-state index is 10.9. The van der Waals surface area contributed by atoms with E-state index in [9.17, 15) is 9.59 Å². The normalized spacial score (nSPS) is 34.2. The molecule has 10 fully saturated rings. The van der Waals surface area contributed by atoms with Crippen LogP contribution < -0.4 is 0 Å². The average Bonchev–Trinajstić information content (AvgIpc) is 4.18. The van der Waals surface area contributed by atoms with Gasteiger partial charge < -0.3 is 36.0 Å². The fourth-order valence-corrected chi connectivity index (χ4v) is 20.3. The zero-order valence-corrected chi connectivity index (χ0v) is 48.5. The van der Waals surface area contributed by atoms with Gasteiger partial charge in [-0.3, -0.25) is 9.59 Å². The van der Waals surface area contributed by atoms with Crippen LogP contribution in [0.15, 0.2) is 0 Å². The molecule has 8 atom stereocenters. The van der Waals surface area contributed by atoms with Gasteiger partial charge in [-0.15, -0.1) is 0 Å². The summed E-state index contributed by atoms with van der Waals surface area (Å²) in [5, 5.41) is 0. The molecule has 402 valence electrons. The summed E-state index contributed by atoms with van der Waals surface area (Å²) >= 11 is 0. The molecule has 8 bridgehead atoms. The lowest BCUT2D eigenvalue weighted by Crippen LogP contribution is -2.42. The second-order valence-electron chi connectivity index (χ2n) is 23.3. The van der Waals surface area contributed by atoms with E-state index in [2.05, 4.69) is 6.92 Å². The summed E-state index contributed by atoms with van der Waals surface area (Å²) in [7, 11) is -4.50. The Morgan fingerprint density at radius 1 is 0.406 bits per heavy atom. The topological polar surface area (TPSA) is 108 Å². The molecule has 0 saturated heterocycles. The van der Waals surface area contributed by atoms with Crippen molar-refractivity contribution >= 4 is 29.5 Å². The highest BCUT2D eigenvalue weighted by molar-refractivity contribution is 6.59. The molecule has 10 aliphatic rings. The van der Waals surface area contributed by atoms with Crippen LogP contribution in [0.4, 0.5) is 0 Å². The summed E-state index contributed by atoms with van der Waals surface area (Å²) in [6.07, 6.45) is 32.0. The van der Waals surface area contributed by atoms with Gasteiger partial charge in [-0.1, -0.05) is 19.8 Å². The van der Waals surface area contributed by atoms with E-state index in [0.29, 0.717) is 39.6 Å². The Morgan fingerprint density at radius 2 is 0.652 bits per heavy atom. The van der Waals surface area contributed by atoms with Crippen LogP contribution >= 0.6 is 0 Å². The molecule has 0 N–H and O–H groups in total. The van der Waals surface area contributed by atoms with Crippen LogP contribution in [0, 0.1) is 71.0 Å². The molecule has 0 radical (unpaired) electrons. The molecule has 0 aromatic rings. The summed E-state index contributed by atoms with van der Waals surface area (Å²) in [5.41, 5.74) is -0.256. The molecule has 10 saturated carbocycles. The van der Waals surface area contributed by atoms with Gasteiger partial charge in [0.05, 0.1) is 0 Å². The number of fused-ring (bicyclic) bond motifs is 18. The number of ether oxygens (including phenoxy) is 2. The van der Waals surface area contributed by atoms with Gasteiger partial charge >= 0.3 is 29.5 Å². The zero-order valence-electron chi connectivity index (χ0n) is 46.5. The third-order valence-corrected chi connectivity index (χ3v) is 23.7. The molecular weight excluding hydrogens is 901 g/mol. The maximum absolute atomic E-state index is 10.9. The van der Waals surface area contributed by atoms with Crippen molar-refractivity contribution in [2.24, 2.45) is 71.0 Å². The third-order valence-electron chi connectivity index (χ3n) is 18.8. The summed E-state index contributed by atoms with van der Waals surface area (Å²) < 4.78 is 43.1. The third kappa shape index (κ3) is 16.3. The van der Waals surface area contributed by atoms with Crippen molar-refractivity contribution in [3.8, 4) is 0 Å². The number of esters is 2. The molecule has 12 heteroatoms. The van der Waals surface area contributed by atoms with E-state index in [1.165, 1.54) is 123 Å². The van der Waals surface area contributed by atoms with Crippen LogP contribution in [-0.4, -0.2) is 80.4 Å². The van der Waals surface area contributed by atoms with E-state index in [-0.39, 0.29) is 23.1 Å². The van der Waals surface area contributed by atoms with Crippen LogP contribution in [0.5, 0.6) is 0 Å². The van der Waals surface area contributed by atoms with Crippen LogP contribution in [-0.2, 0) is 45.6 Å². The van der Waals surface area contributed by atoms with E-state index < -0.39 is 17.6 Å². The van der Waals surface area contributed by atoms with Crippen LogP contribution in [0.25, 0.3) is 0 Å². The molecular formula is C57H106O10Si2.